The van der Waals surface area contributed by atoms with Gasteiger partial charge in [0.1, 0.15) is 0 Å². The molecule has 5 heteroatoms. The molecule has 0 bridgehead atoms. The fourth-order valence-electron chi connectivity index (χ4n) is 2.06. The van der Waals surface area contributed by atoms with Gasteiger partial charge in [0.15, 0.2) is 11.5 Å². The molecule has 3 rings (SSSR count). The van der Waals surface area contributed by atoms with E-state index in [0.717, 1.165) is 32.8 Å². The van der Waals surface area contributed by atoms with Crippen molar-refractivity contribution in [3.63, 3.8) is 0 Å². The molecular formula is C14H14BrNO2S. The van der Waals surface area contributed by atoms with Crippen LogP contribution in [-0.4, -0.2) is 13.2 Å². The quantitative estimate of drug-likeness (QED) is 0.906. The lowest BCUT2D eigenvalue weighted by atomic mass is 10.1. The highest BCUT2D eigenvalue weighted by Crippen LogP contribution is 2.39. The zero-order valence-electron chi connectivity index (χ0n) is 10.3. The molecule has 2 aromatic rings. The third-order valence-electron chi connectivity index (χ3n) is 3.05. The lowest BCUT2D eigenvalue weighted by Crippen LogP contribution is -2.11. The fourth-order valence-corrected chi connectivity index (χ4v) is 3.37. The summed E-state index contributed by atoms with van der Waals surface area (Å²) in [6.45, 7) is 1.37. The van der Waals surface area contributed by atoms with Crippen molar-refractivity contribution in [3.05, 3.63) is 44.6 Å². The molecule has 2 N–H and O–H groups in total. The Hall–Kier alpha value is -1.04. The van der Waals surface area contributed by atoms with Crippen molar-refractivity contribution in [2.24, 2.45) is 5.73 Å². The highest BCUT2D eigenvalue weighted by Gasteiger charge is 2.19. The Morgan fingerprint density at radius 1 is 1.21 bits per heavy atom. The molecule has 0 saturated heterocycles. The van der Waals surface area contributed by atoms with Crippen LogP contribution >= 0.6 is 27.3 Å². The third-order valence-corrected chi connectivity index (χ3v) is 4.69. The first-order chi connectivity index (χ1) is 9.25. The Balaban J connectivity index is 2.00. The third kappa shape index (κ3) is 2.63. The molecule has 1 atom stereocenters. The average molecular weight is 340 g/mol. The van der Waals surface area contributed by atoms with Gasteiger partial charge in [0.25, 0.3) is 0 Å². The molecule has 100 valence electrons. The molecule has 1 aromatic heterocycles. The van der Waals surface area contributed by atoms with Crippen molar-refractivity contribution in [2.75, 3.05) is 13.2 Å². The second-order valence-electron chi connectivity index (χ2n) is 4.36. The summed E-state index contributed by atoms with van der Waals surface area (Å²) in [5.41, 5.74) is 7.34. The molecule has 0 aliphatic carbocycles. The topological polar surface area (TPSA) is 44.5 Å². The maximum Gasteiger partial charge on any atom is 0.162 e. The number of ether oxygens (including phenoxy) is 2. The van der Waals surface area contributed by atoms with Gasteiger partial charge in [-0.15, -0.1) is 11.3 Å². The van der Waals surface area contributed by atoms with Crippen LogP contribution in [0.15, 0.2) is 34.1 Å². The van der Waals surface area contributed by atoms with Gasteiger partial charge >= 0.3 is 0 Å². The van der Waals surface area contributed by atoms with Gasteiger partial charge in [-0.05, 0) is 29.1 Å². The van der Waals surface area contributed by atoms with E-state index in [-0.39, 0.29) is 6.04 Å². The first-order valence-corrected chi connectivity index (χ1v) is 7.81. The molecule has 0 amide bonds. The highest BCUT2D eigenvalue weighted by molar-refractivity contribution is 9.10. The molecule has 2 heterocycles. The summed E-state index contributed by atoms with van der Waals surface area (Å²) in [5, 5.41) is 2.03. The molecule has 1 aliphatic rings. The van der Waals surface area contributed by atoms with Crippen molar-refractivity contribution in [1.29, 1.82) is 0 Å². The van der Waals surface area contributed by atoms with Crippen molar-refractivity contribution in [3.8, 4) is 11.5 Å². The number of nitrogens with two attached hydrogens (primary N) is 1. The van der Waals surface area contributed by atoms with E-state index in [2.05, 4.69) is 15.9 Å². The minimum atomic E-state index is -0.147. The lowest BCUT2D eigenvalue weighted by Gasteiger charge is -2.16. The minimum absolute atomic E-state index is 0.147. The zero-order valence-corrected chi connectivity index (χ0v) is 12.7. The summed E-state index contributed by atoms with van der Waals surface area (Å²) >= 11 is 5.23. The Morgan fingerprint density at radius 3 is 2.63 bits per heavy atom. The van der Waals surface area contributed by atoms with Crippen molar-refractivity contribution in [2.45, 2.75) is 12.5 Å². The maximum absolute atomic E-state index is 6.32. The van der Waals surface area contributed by atoms with Crippen LogP contribution in [0.3, 0.4) is 0 Å². The van der Waals surface area contributed by atoms with Crippen molar-refractivity contribution < 1.29 is 9.47 Å². The van der Waals surface area contributed by atoms with Crippen LogP contribution in [0.2, 0.25) is 0 Å². The predicted octanol–water partition coefficient (Wildman–Crippen LogP) is 3.72. The molecule has 3 nitrogen and oxygen atoms in total. The molecule has 0 radical (unpaired) electrons. The SMILES string of the molecule is NC(c1cccs1)c1cc2c(cc1Br)OCCCO2. The average Bonchev–Trinajstić information content (AvgIpc) is 2.84. The lowest BCUT2D eigenvalue weighted by molar-refractivity contribution is 0.297. The first-order valence-electron chi connectivity index (χ1n) is 6.14. The van der Waals surface area contributed by atoms with E-state index in [1.165, 1.54) is 0 Å². The number of fused-ring (bicyclic) bond motifs is 1. The fraction of sp³-hybridized carbons (Fsp3) is 0.286. The van der Waals surface area contributed by atoms with Crippen molar-refractivity contribution >= 4 is 27.3 Å². The Bertz CT molecular complexity index is 571. The zero-order chi connectivity index (χ0) is 13.2. The van der Waals surface area contributed by atoms with Gasteiger partial charge in [0.2, 0.25) is 0 Å². The largest absolute Gasteiger partial charge is 0.490 e. The summed E-state index contributed by atoms with van der Waals surface area (Å²) in [7, 11) is 0. The van der Waals surface area contributed by atoms with E-state index < -0.39 is 0 Å². The van der Waals surface area contributed by atoms with Crippen molar-refractivity contribution in [1.82, 2.24) is 0 Å². The number of halogens is 1. The second-order valence-corrected chi connectivity index (χ2v) is 6.20. The minimum Gasteiger partial charge on any atom is -0.490 e. The maximum atomic E-state index is 6.32. The number of rotatable bonds is 2. The molecule has 1 unspecified atom stereocenters. The summed E-state index contributed by atoms with van der Waals surface area (Å²) in [5.74, 6) is 1.56. The van der Waals surface area contributed by atoms with Crippen LogP contribution in [0, 0.1) is 0 Å². The Labute approximate surface area is 124 Å². The molecule has 0 spiro atoms. The van der Waals surface area contributed by atoms with Gasteiger partial charge in [-0.2, -0.15) is 0 Å². The molecule has 1 aliphatic heterocycles. The van der Waals surface area contributed by atoms with Crippen LogP contribution in [-0.2, 0) is 0 Å². The number of thiophene rings is 1. The smallest absolute Gasteiger partial charge is 0.162 e. The first kappa shape index (κ1) is 13.0. The number of benzene rings is 1. The number of hydrogen-bond donors (Lipinski definition) is 1. The van der Waals surface area contributed by atoms with Gasteiger partial charge in [0, 0.05) is 15.8 Å². The van der Waals surface area contributed by atoms with Crippen LogP contribution in [0.1, 0.15) is 22.9 Å². The Kier molecular flexibility index (Phi) is 3.77. The van der Waals surface area contributed by atoms with Gasteiger partial charge in [-0.3, -0.25) is 0 Å². The Morgan fingerprint density at radius 2 is 1.95 bits per heavy atom. The van der Waals surface area contributed by atoms with Crippen LogP contribution in [0.4, 0.5) is 0 Å². The van der Waals surface area contributed by atoms with Gasteiger partial charge < -0.3 is 15.2 Å². The molecular weight excluding hydrogens is 326 g/mol. The van der Waals surface area contributed by atoms with E-state index in [1.54, 1.807) is 11.3 Å². The number of hydrogen-bond acceptors (Lipinski definition) is 4. The summed E-state index contributed by atoms with van der Waals surface area (Å²) in [4.78, 5) is 1.13. The molecule has 1 aromatic carbocycles. The molecule has 0 fully saturated rings. The highest BCUT2D eigenvalue weighted by atomic mass is 79.9. The van der Waals surface area contributed by atoms with Crippen LogP contribution in [0.5, 0.6) is 11.5 Å². The molecule has 19 heavy (non-hydrogen) atoms. The van der Waals surface area contributed by atoms with Gasteiger partial charge in [-0.25, -0.2) is 0 Å². The molecule has 0 saturated carbocycles. The normalized spacial score (nSPS) is 15.9. The monoisotopic (exact) mass is 339 g/mol. The second kappa shape index (κ2) is 5.53. The van der Waals surface area contributed by atoms with Gasteiger partial charge in [-0.1, -0.05) is 22.0 Å². The van der Waals surface area contributed by atoms with E-state index in [4.69, 9.17) is 15.2 Å². The van der Waals surface area contributed by atoms with Crippen LogP contribution < -0.4 is 15.2 Å². The summed E-state index contributed by atoms with van der Waals surface area (Å²) < 4.78 is 12.3. The van der Waals surface area contributed by atoms with Crippen LogP contribution in [0.25, 0.3) is 0 Å². The van der Waals surface area contributed by atoms with E-state index >= 15 is 0 Å². The standard InChI is InChI=1S/C14H14BrNO2S/c15-10-8-12-11(17-4-2-5-18-12)7-9(10)14(16)13-3-1-6-19-13/h1,3,6-8,14H,2,4-5,16H2. The predicted molar refractivity (Wildman–Crippen MR) is 80.1 cm³/mol. The van der Waals surface area contributed by atoms with E-state index in [1.807, 2.05) is 29.6 Å². The van der Waals surface area contributed by atoms with Gasteiger partial charge in [0.05, 0.1) is 19.3 Å². The van der Waals surface area contributed by atoms with E-state index in [0.29, 0.717) is 13.2 Å². The summed E-state index contributed by atoms with van der Waals surface area (Å²) in [6, 6.07) is 7.84. The van der Waals surface area contributed by atoms with E-state index in [9.17, 15) is 0 Å². The summed E-state index contributed by atoms with van der Waals surface area (Å²) in [6.07, 6.45) is 0.901.